The molecular formula is C20H32N4O4S. The first-order valence-corrected chi connectivity index (χ1v) is 11.5. The lowest BCUT2D eigenvalue weighted by Gasteiger charge is -2.22. The highest BCUT2D eigenvalue weighted by Crippen LogP contribution is 2.15. The topological polar surface area (TPSA) is 98.8 Å². The first kappa shape index (κ1) is 23.3. The van der Waals surface area contributed by atoms with Crippen LogP contribution in [0.5, 0.6) is 0 Å². The number of nitrogens with zero attached hydrogens (tertiary/aromatic N) is 2. The van der Waals surface area contributed by atoms with Gasteiger partial charge >= 0.3 is 0 Å². The summed E-state index contributed by atoms with van der Waals surface area (Å²) in [5.74, 6) is -0.213. The predicted molar refractivity (Wildman–Crippen MR) is 112 cm³/mol. The van der Waals surface area contributed by atoms with E-state index in [9.17, 15) is 18.0 Å². The fourth-order valence-electron chi connectivity index (χ4n) is 3.26. The van der Waals surface area contributed by atoms with Crippen molar-refractivity contribution in [2.45, 2.75) is 51.1 Å². The van der Waals surface area contributed by atoms with Crippen molar-refractivity contribution < 1.29 is 18.0 Å². The van der Waals surface area contributed by atoms with Gasteiger partial charge in [-0.3, -0.25) is 14.5 Å². The molecule has 1 aromatic carbocycles. The fourth-order valence-corrected chi connectivity index (χ4v) is 4.56. The second-order valence-corrected chi connectivity index (χ2v) is 9.66. The molecule has 1 saturated heterocycles. The molecule has 1 heterocycles. The van der Waals surface area contributed by atoms with Gasteiger partial charge in [-0.05, 0) is 52.3 Å². The molecule has 0 atom stereocenters. The van der Waals surface area contributed by atoms with E-state index in [1.54, 1.807) is 30.9 Å². The minimum absolute atomic E-state index is 0.0182. The number of carbonyl (C=O) groups is 2. The van der Waals surface area contributed by atoms with Crippen LogP contribution in [0.2, 0.25) is 0 Å². The van der Waals surface area contributed by atoms with Gasteiger partial charge in [-0.25, -0.2) is 13.1 Å². The maximum Gasteiger partial charge on any atom is 0.253 e. The van der Waals surface area contributed by atoms with Crippen LogP contribution < -0.4 is 10.0 Å². The summed E-state index contributed by atoms with van der Waals surface area (Å²) >= 11 is 0. The van der Waals surface area contributed by atoms with Crippen LogP contribution in [0.25, 0.3) is 0 Å². The Morgan fingerprint density at radius 2 is 1.76 bits per heavy atom. The minimum Gasteiger partial charge on any atom is -0.353 e. The van der Waals surface area contributed by atoms with E-state index in [1.165, 1.54) is 12.1 Å². The van der Waals surface area contributed by atoms with Crippen molar-refractivity contribution in [2.24, 2.45) is 0 Å². The van der Waals surface area contributed by atoms with E-state index in [0.717, 1.165) is 13.0 Å². The molecule has 0 aromatic heterocycles. The number of carbonyl (C=O) groups excluding carboxylic acids is 2. The van der Waals surface area contributed by atoms with Gasteiger partial charge in [0.25, 0.3) is 5.91 Å². The van der Waals surface area contributed by atoms with Gasteiger partial charge in [0, 0.05) is 43.8 Å². The smallest absolute Gasteiger partial charge is 0.253 e. The molecule has 0 radical (unpaired) electrons. The third kappa shape index (κ3) is 7.09. The first-order chi connectivity index (χ1) is 13.6. The molecule has 1 aliphatic rings. The number of rotatable bonds is 7. The molecule has 0 unspecified atom stereocenters. The van der Waals surface area contributed by atoms with Crippen LogP contribution in [0.4, 0.5) is 0 Å². The highest BCUT2D eigenvalue weighted by atomic mass is 32.2. The second kappa shape index (κ2) is 10.2. The predicted octanol–water partition coefficient (Wildman–Crippen LogP) is 1.05. The summed E-state index contributed by atoms with van der Waals surface area (Å²) in [5, 5.41) is 2.88. The van der Waals surface area contributed by atoms with Gasteiger partial charge in [-0.15, -0.1) is 0 Å². The maximum atomic E-state index is 12.9. The molecule has 162 valence electrons. The molecule has 8 nitrogen and oxygen atoms in total. The number of nitrogens with one attached hydrogen (secondary N) is 2. The average Bonchev–Trinajstić information content (AvgIpc) is 2.85. The van der Waals surface area contributed by atoms with Gasteiger partial charge in [-0.2, -0.15) is 0 Å². The van der Waals surface area contributed by atoms with Crippen LogP contribution in [-0.2, 0) is 14.8 Å². The van der Waals surface area contributed by atoms with E-state index < -0.39 is 10.0 Å². The van der Waals surface area contributed by atoms with Gasteiger partial charge < -0.3 is 10.2 Å². The van der Waals surface area contributed by atoms with Crippen molar-refractivity contribution in [3.05, 3.63) is 29.8 Å². The Labute approximate surface area is 173 Å². The normalized spacial score (nSPS) is 16.1. The van der Waals surface area contributed by atoms with Crippen LogP contribution >= 0.6 is 0 Å². The largest absolute Gasteiger partial charge is 0.353 e. The summed E-state index contributed by atoms with van der Waals surface area (Å²) in [7, 11) is -3.66. The highest BCUT2D eigenvalue weighted by molar-refractivity contribution is 7.89. The Bertz CT molecular complexity index is 824. The summed E-state index contributed by atoms with van der Waals surface area (Å²) in [6, 6.07) is 5.99. The summed E-state index contributed by atoms with van der Waals surface area (Å²) in [6.45, 7) is 10.1. The van der Waals surface area contributed by atoms with Crippen LogP contribution in [0.1, 0.15) is 44.5 Å². The van der Waals surface area contributed by atoms with Gasteiger partial charge in [0.05, 0.1) is 11.4 Å². The molecular weight excluding hydrogens is 392 g/mol. The number of hydrogen-bond donors (Lipinski definition) is 2. The van der Waals surface area contributed by atoms with Crippen LogP contribution in [0.15, 0.2) is 29.2 Å². The lowest BCUT2D eigenvalue weighted by molar-refractivity contribution is -0.122. The van der Waals surface area contributed by atoms with E-state index in [-0.39, 0.29) is 28.8 Å². The van der Waals surface area contributed by atoms with E-state index in [1.807, 2.05) is 18.7 Å². The molecule has 2 amide bonds. The minimum atomic E-state index is -3.66. The Morgan fingerprint density at radius 3 is 2.41 bits per heavy atom. The molecule has 1 aromatic rings. The summed E-state index contributed by atoms with van der Waals surface area (Å²) in [4.78, 5) is 28.8. The van der Waals surface area contributed by atoms with Crippen molar-refractivity contribution in [2.75, 3.05) is 32.7 Å². The number of benzene rings is 1. The molecule has 1 fully saturated rings. The summed E-state index contributed by atoms with van der Waals surface area (Å²) in [6.07, 6.45) is 0.758. The molecule has 0 saturated carbocycles. The van der Waals surface area contributed by atoms with Crippen molar-refractivity contribution >= 4 is 21.8 Å². The first-order valence-electron chi connectivity index (χ1n) is 10.0. The Kier molecular flexibility index (Phi) is 8.18. The third-order valence-corrected chi connectivity index (χ3v) is 6.13. The van der Waals surface area contributed by atoms with E-state index >= 15 is 0 Å². The Hall–Kier alpha value is -1.97. The molecule has 0 bridgehead atoms. The van der Waals surface area contributed by atoms with Crippen molar-refractivity contribution in [1.82, 2.24) is 19.8 Å². The molecule has 2 rings (SSSR count). The highest BCUT2D eigenvalue weighted by Gasteiger charge is 2.23. The average molecular weight is 425 g/mol. The molecule has 9 heteroatoms. The van der Waals surface area contributed by atoms with Gasteiger partial charge in [0.1, 0.15) is 0 Å². The van der Waals surface area contributed by atoms with Crippen molar-refractivity contribution in [3.63, 3.8) is 0 Å². The van der Waals surface area contributed by atoms with E-state index in [4.69, 9.17) is 0 Å². The van der Waals surface area contributed by atoms with E-state index in [0.29, 0.717) is 31.7 Å². The van der Waals surface area contributed by atoms with Crippen molar-refractivity contribution in [1.29, 1.82) is 0 Å². The van der Waals surface area contributed by atoms with E-state index in [2.05, 4.69) is 10.0 Å². The molecule has 2 N–H and O–H groups in total. The molecule has 29 heavy (non-hydrogen) atoms. The van der Waals surface area contributed by atoms with Gasteiger partial charge in [0.2, 0.25) is 15.9 Å². The summed E-state index contributed by atoms with van der Waals surface area (Å²) in [5.41, 5.74) is 0.350. The van der Waals surface area contributed by atoms with Crippen LogP contribution in [-0.4, -0.2) is 74.8 Å². The molecule has 0 aliphatic carbocycles. The lowest BCUT2D eigenvalue weighted by Crippen LogP contribution is -2.42. The number of sulfonamides is 1. The SMILES string of the molecule is CC(C)NC(=O)CN1CCCN(C(=O)c2cccc(S(=O)(=O)NC(C)C)c2)CC1. The van der Waals surface area contributed by atoms with Crippen LogP contribution in [0.3, 0.4) is 0 Å². The quantitative estimate of drug-likeness (QED) is 0.682. The van der Waals surface area contributed by atoms with Gasteiger partial charge in [-0.1, -0.05) is 6.07 Å². The molecule has 0 spiro atoms. The van der Waals surface area contributed by atoms with Crippen molar-refractivity contribution in [3.8, 4) is 0 Å². The third-order valence-electron chi connectivity index (χ3n) is 4.47. The fraction of sp³-hybridized carbons (Fsp3) is 0.600. The van der Waals surface area contributed by atoms with Gasteiger partial charge in [0.15, 0.2) is 0 Å². The standard InChI is InChI=1S/C20H32N4O4S/c1-15(2)21-19(25)14-23-9-6-10-24(12-11-23)20(26)17-7-5-8-18(13-17)29(27,28)22-16(3)4/h5,7-8,13,15-16,22H,6,9-12,14H2,1-4H3,(H,21,25). The summed E-state index contributed by atoms with van der Waals surface area (Å²) < 4.78 is 27.3. The Balaban J connectivity index is 2.04. The maximum absolute atomic E-state index is 12.9. The van der Waals surface area contributed by atoms with Crippen LogP contribution in [0, 0.1) is 0 Å². The lowest BCUT2D eigenvalue weighted by atomic mass is 10.2. The second-order valence-electron chi connectivity index (χ2n) is 7.95. The Morgan fingerprint density at radius 1 is 1.03 bits per heavy atom. The zero-order valence-corrected chi connectivity index (χ0v) is 18.5. The monoisotopic (exact) mass is 424 g/mol. The zero-order valence-electron chi connectivity index (χ0n) is 17.6. The molecule has 1 aliphatic heterocycles. The number of hydrogen-bond acceptors (Lipinski definition) is 5. The zero-order chi connectivity index (χ0) is 21.6. The number of amides is 2.